The molecule has 2 fully saturated rings. The number of piperidine rings is 1. The van der Waals surface area contributed by atoms with Crippen LogP contribution in [0.25, 0.3) is 0 Å². The van der Waals surface area contributed by atoms with Crippen molar-refractivity contribution in [3.8, 4) is 0 Å². The Kier molecular flexibility index (Phi) is 2.66. The molecule has 18 heavy (non-hydrogen) atoms. The van der Waals surface area contributed by atoms with Crippen LogP contribution in [0.15, 0.2) is 18.5 Å². The Labute approximate surface area is 105 Å². The molecule has 0 saturated carbocycles. The maximum Gasteiger partial charge on any atom is 0.310 e. The highest BCUT2D eigenvalue weighted by atomic mass is 16.6. The molecule has 2 N–H and O–H groups in total. The molecule has 0 spiro atoms. The van der Waals surface area contributed by atoms with Crippen molar-refractivity contribution in [3.63, 3.8) is 0 Å². The quantitative estimate of drug-likeness (QED) is 0.632. The van der Waals surface area contributed by atoms with Crippen molar-refractivity contribution in [2.75, 3.05) is 4.90 Å². The monoisotopic (exact) mass is 248 g/mol. The Morgan fingerprint density at radius 2 is 2.06 bits per heavy atom. The third-order valence-electron chi connectivity index (χ3n) is 4.02. The molecule has 2 unspecified atom stereocenters. The van der Waals surface area contributed by atoms with E-state index in [4.69, 9.17) is 5.73 Å². The highest BCUT2D eigenvalue weighted by Gasteiger charge is 2.41. The lowest BCUT2D eigenvalue weighted by Crippen LogP contribution is -2.47. The van der Waals surface area contributed by atoms with Gasteiger partial charge in [-0.2, -0.15) is 0 Å². The maximum atomic E-state index is 11.1. The molecule has 3 heterocycles. The van der Waals surface area contributed by atoms with E-state index in [-0.39, 0.29) is 16.7 Å². The normalized spacial score (nSPS) is 30.5. The molecule has 0 aliphatic carbocycles. The SMILES string of the molecule is NC1CC2CCC(C1)N2c1ccncc1[N+](=O)[O-]. The molecule has 0 amide bonds. The number of aromatic nitrogens is 1. The Hall–Kier alpha value is -1.69. The van der Waals surface area contributed by atoms with Crippen LogP contribution in [0.2, 0.25) is 0 Å². The molecule has 1 aromatic rings. The number of fused-ring (bicyclic) bond motifs is 2. The van der Waals surface area contributed by atoms with Crippen molar-refractivity contribution >= 4 is 11.4 Å². The molecular formula is C12H16N4O2. The summed E-state index contributed by atoms with van der Waals surface area (Å²) in [4.78, 5) is 16.8. The van der Waals surface area contributed by atoms with Crippen molar-refractivity contribution in [2.24, 2.45) is 5.73 Å². The van der Waals surface area contributed by atoms with Crippen LogP contribution in [-0.4, -0.2) is 28.0 Å². The largest absolute Gasteiger partial charge is 0.360 e. The molecule has 96 valence electrons. The predicted octanol–water partition coefficient (Wildman–Crippen LogP) is 1.45. The van der Waals surface area contributed by atoms with Gasteiger partial charge in [-0.05, 0) is 31.7 Å². The fraction of sp³-hybridized carbons (Fsp3) is 0.583. The van der Waals surface area contributed by atoms with Gasteiger partial charge >= 0.3 is 5.69 Å². The molecule has 0 radical (unpaired) electrons. The molecule has 0 aromatic carbocycles. The second-order valence-electron chi connectivity index (χ2n) is 5.15. The zero-order valence-corrected chi connectivity index (χ0v) is 10.0. The number of hydrogen-bond donors (Lipinski definition) is 1. The van der Waals surface area contributed by atoms with Gasteiger partial charge in [0.05, 0.1) is 4.92 Å². The van der Waals surface area contributed by atoms with Gasteiger partial charge in [-0.25, -0.2) is 0 Å². The average Bonchev–Trinajstić information content (AvgIpc) is 2.61. The number of pyridine rings is 1. The first-order chi connectivity index (χ1) is 8.66. The number of hydrogen-bond acceptors (Lipinski definition) is 5. The van der Waals surface area contributed by atoms with E-state index in [1.807, 2.05) is 0 Å². The lowest BCUT2D eigenvalue weighted by atomic mass is 9.97. The van der Waals surface area contributed by atoms with Crippen LogP contribution in [0.1, 0.15) is 25.7 Å². The molecule has 2 aliphatic rings. The third kappa shape index (κ3) is 1.73. The second-order valence-corrected chi connectivity index (χ2v) is 5.15. The van der Waals surface area contributed by atoms with Crippen LogP contribution in [0, 0.1) is 10.1 Å². The second kappa shape index (κ2) is 4.20. The van der Waals surface area contributed by atoms with E-state index in [0.717, 1.165) is 25.7 Å². The molecule has 2 saturated heterocycles. The molecule has 2 atom stereocenters. The molecular weight excluding hydrogens is 232 g/mol. The zero-order valence-electron chi connectivity index (χ0n) is 10.0. The topological polar surface area (TPSA) is 85.3 Å². The van der Waals surface area contributed by atoms with Gasteiger partial charge in [0.1, 0.15) is 11.9 Å². The van der Waals surface area contributed by atoms with Gasteiger partial charge in [0.2, 0.25) is 0 Å². The highest BCUT2D eigenvalue weighted by molar-refractivity contribution is 5.64. The molecule has 6 heteroatoms. The van der Waals surface area contributed by atoms with Crippen molar-refractivity contribution in [1.29, 1.82) is 0 Å². The summed E-state index contributed by atoms with van der Waals surface area (Å²) in [5.41, 5.74) is 6.83. The predicted molar refractivity (Wildman–Crippen MR) is 67.4 cm³/mol. The van der Waals surface area contributed by atoms with Crippen molar-refractivity contribution < 1.29 is 4.92 Å². The first-order valence-electron chi connectivity index (χ1n) is 6.29. The van der Waals surface area contributed by atoms with Crippen LogP contribution in [-0.2, 0) is 0 Å². The van der Waals surface area contributed by atoms with E-state index in [1.165, 1.54) is 6.20 Å². The molecule has 2 aliphatic heterocycles. The van der Waals surface area contributed by atoms with Gasteiger partial charge in [-0.1, -0.05) is 0 Å². The van der Waals surface area contributed by atoms with Gasteiger partial charge in [-0.15, -0.1) is 0 Å². The third-order valence-corrected chi connectivity index (χ3v) is 4.02. The summed E-state index contributed by atoms with van der Waals surface area (Å²) in [6, 6.07) is 2.68. The van der Waals surface area contributed by atoms with E-state index in [9.17, 15) is 10.1 Å². The van der Waals surface area contributed by atoms with Gasteiger partial charge in [-0.3, -0.25) is 15.1 Å². The molecule has 3 rings (SSSR count). The summed E-state index contributed by atoms with van der Waals surface area (Å²) < 4.78 is 0. The number of nitrogens with two attached hydrogens (primary N) is 1. The van der Waals surface area contributed by atoms with E-state index in [0.29, 0.717) is 17.8 Å². The molecule has 1 aromatic heterocycles. The van der Waals surface area contributed by atoms with Crippen LogP contribution >= 0.6 is 0 Å². The standard InChI is InChI=1S/C12H16N4O2/c13-8-5-9-1-2-10(6-8)15(9)11-3-4-14-7-12(11)16(17)18/h3-4,7-10H,1-2,5-6,13H2. The van der Waals surface area contributed by atoms with Crippen molar-refractivity contribution in [1.82, 2.24) is 4.98 Å². The first-order valence-corrected chi connectivity index (χ1v) is 6.29. The zero-order chi connectivity index (χ0) is 12.7. The fourth-order valence-corrected chi connectivity index (χ4v) is 3.35. The minimum absolute atomic E-state index is 0.102. The smallest absolute Gasteiger partial charge is 0.310 e. The van der Waals surface area contributed by atoms with Gasteiger partial charge in [0, 0.05) is 24.3 Å². The molecule has 2 bridgehead atoms. The first kappa shape index (κ1) is 11.4. The summed E-state index contributed by atoms with van der Waals surface area (Å²) in [6.07, 6.45) is 6.97. The average molecular weight is 248 g/mol. The highest BCUT2D eigenvalue weighted by Crippen LogP contribution is 2.41. The lowest BCUT2D eigenvalue weighted by molar-refractivity contribution is -0.384. The summed E-state index contributed by atoms with van der Waals surface area (Å²) in [5, 5.41) is 11.1. The van der Waals surface area contributed by atoms with Crippen molar-refractivity contribution in [3.05, 3.63) is 28.6 Å². The Bertz CT molecular complexity index is 465. The summed E-state index contributed by atoms with van der Waals surface area (Å²) in [7, 11) is 0. The Morgan fingerprint density at radius 3 is 2.67 bits per heavy atom. The number of nitro groups is 1. The summed E-state index contributed by atoms with van der Waals surface area (Å²) in [5.74, 6) is 0. The van der Waals surface area contributed by atoms with Crippen molar-refractivity contribution in [2.45, 2.75) is 43.8 Å². The van der Waals surface area contributed by atoms with Crippen LogP contribution in [0.3, 0.4) is 0 Å². The fourth-order valence-electron chi connectivity index (χ4n) is 3.35. The lowest BCUT2D eigenvalue weighted by Gasteiger charge is -2.38. The Morgan fingerprint density at radius 1 is 1.39 bits per heavy atom. The number of anilines is 1. The van der Waals surface area contributed by atoms with Gasteiger partial charge < -0.3 is 10.6 Å². The minimum Gasteiger partial charge on any atom is -0.360 e. The minimum atomic E-state index is -0.351. The van der Waals surface area contributed by atoms with E-state index in [2.05, 4.69) is 9.88 Å². The maximum absolute atomic E-state index is 11.1. The van der Waals surface area contributed by atoms with E-state index < -0.39 is 0 Å². The molecule has 6 nitrogen and oxygen atoms in total. The number of nitrogens with zero attached hydrogens (tertiary/aromatic N) is 3. The van der Waals surface area contributed by atoms with Crippen LogP contribution < -0.4 is 10.6 Å². The van der Waals surface area contributed by atoms with Crippen LogP contribution in [0.5, 0.6) is 0 Å². The van der Waals surface area contributed by atoms with Crippen LogP contribution in [0.4, 0.5) is 11.4 Å². The Balaban J connectivity index is 1.99. The van der Waals surface area contributed by atoms with Gasteiger partial charge in [0.25, 0.3) is 0 Å². The number of rotatable bonds is 2. The summed E-state index contributed by atoms with van der Waals surface area (Å²) >= 11 is 0. The van der Waals surface area contributed by atoms with Gasteiger partial charge in [0.15, 0.2) is 0 Å². The van der Waals surface area contributed by atoms with E-state index in [1.54, 1.807) is 12.3 Å². The van der Waals surface area contributed by atoms with E-state index >= 15 is 0 Å². The summed E-state index contributed by atoms with van der Waals surface area (Å²) in [6.45, 7) is 0.